The van der Waals surface area contributed by atoms with Gasteiger partial charge in [-0.05, 0) is 30.3 Å². The minimum absolute atomic E-state index is 0.120. The smallest absolute Gasteiger partial charge is 0.255 e. The van der Waals surface area contributed by atoms with Gasteiger partial charge in [0.25, 0.3) is 5.91 Å². The van der Waals surface area contributed by atoms with Crippen LogP contribution in [0.15, 0.2) is 59.0 Å². The number of carbonyl (C=O) groups excluding carboxylic acids is 1. The van der Waals surface area contributed by atoms with Crippen LogP contribution in [0.3, 0.4) is 0 Å². The fourth-order valence-corrected chi connectivity index (χ4v) is 3.35. The van der Waals surface area contributed by atoms with E-state index in [1.165, 1.54) is 26.2 Å². The zero-order valence-electron chi connectivity index (χ0n) is 13.9. The number of fused-ring (bicyclic) bond motifs is 1. The summed E-state index contributed by atoms with van der Waals surface area (Å²) in [6.45, 7) is 0.165. The van der Waals surface area contributed by atoms with Crippen molar-refractivity contribution in [2.75, 3.05) is 26.0 Å². The van der Waals surface area contributed by atoms with Gasteiger partial charge in [-0.1, -0.05) is 24.3 Å². The number of nitrogens with zero attached hydrogens (tertiary/aromatic N) is 1. The molecule has 0 spiro atoms. The van der Waals surface area contributed by atoms with E-state index in [1.807, 2.05) is 24.3 Å². The third kappa shape index (κ3) is 3.57. The average Bonchev–Trinajstić information content (AvgIpc) is 2.61. The van der Waals surface area contributed by atoms with Crippen molar-refractivity contribution in [1.82, 2.24) is 4.31 Å². The Morgan fingerprint density at radius 3 is 2.64 bits per heavy atom. The molecule has 0 unspecified atom stereocenters. The van der Waals surface area contributed by atoms with Crippen LogP contribution in [-0.4, -0.2) is 39.3 Å². The van der Waals surface area contributed by atoms with Crippen LogP contribution in [0.1, 0.15) is 5.56 Å². The first kappa shape index (κ1) is 17.2. The Labute approximate surface area is 146 Å². The number of hydrogen-bond donors (Lipinski definition) is 1. The topological polar surface area (TPSA) is 75.7 Å². The van der Waals surface area contributed by atoms with E-state index in [9.17, 15) is 13.2 Å². The molecule has 0 saturated heterocycles. The number of hydrogen-bond acceptors (Lipinski definition) is 4. The van der Waals surface area contributed by atoms with Gasteiger partial charge in [0.15, 0.2) is 0 Å². The Hall–Kier alpha value is -2.64. The average molecular weight is 358 g/mol. The minimum atomic E-state index is -3.56. The maximum atomic E-state index is 12.5. The standard InChI is InChI=1S/C18H18N2O4S/c1-20(2)25(22,23)16-8-5-7-15(11-16)19-18(21)14-10-13-6-3-4-9-17(13)24-12-14/h3-11H,12H2,1-2H3,(H,19,21). The molecule has 25 heavy (non-hydrogen) atoms. The molecule has 0 bridgehead atoms. The molecule has 0 fully saturated rings. The second-order valence-corrected chi connectivity index (χ2v) is 7.92. The monoisotopic (exact) mass is 358 g/mol. The Morgan fingerprint density at radius 1 is 1.12 bits per heavy atom. The third-order valence-electron chi connectivity index (χ3n) is 3.79. The van der Waals surface area contributed by atoms with Crippen molar-refractivity contribution in [3.05, 3.63) is 59.7 Å². The van der Waals surface area contributed by atoms with Crippen LogP contribution in [0, 0.1) is 0 Å². The van der Waals surface area contributed by atoms with Crippen molar-refractivity contribution < 1.29 is 17.9 Å². The molecule has 0 saturated carbocycles. The van der Waals surface area contributed by atoms with Gasteiger partial charge in [-0.25, -0.2) is 12.7 Å². The number of nitrogens with one attached hydrogen (secondary N) is 1. The number of amides is 1. The highest BCUT2D eigenvalue weighted by atomic mass is 32.2. The highest BCUT2D eigenvalue weighted by Gasteiger charge is 2.20. The number of carbonyl (C=O) groups is 1. The highest BCUT2D eigenvalue weighted by molar-refractivity contribution is 7.89. The van der Waals surface area contributed by atoms with E-state index in [4.69, 9.17) is 4.74 Å². The van der Waals surface area contributed by atoms with Crippen molar-refractivity contribution in [3.8, 4) is 5.75 Å². The number of benzene rings is 2. The van der Waals surface area contributed by atoms with E-state index in [-0.39, 0.29) is 17.4 Å². The quantitative estimate of drug-likeness (QED) is 0.910. The summed E-state index contributed by atoms with van der Waals surface area (Å²) in [6.07, 6.45) is 1.77. The number of anilines is 1. The molecule has 1 N–H and O–H groups in total. The molecule has 3 rings (SSSR count). The molecule has 0 aromatic heterocycles. The lowest BCUT2D eigenvalue weighted by molar-refractivity contribution is -0.113. The van der Waals surface area contributed by atoms with E-state index < -0.39 is 10.0 Å². The molecule has 0 atom stereocenters. The summed E-state index contributed by atoms with van der Waals surface area (Å²) < 4.78 is 31.1. The highest BCUT2D eigenvalue weighted by Crippen LogP contribution is 2.26. The molecule has 1 aliphatic rings. The van der Waals surface area contributed by atoms with Crippen LogP contribution < -0.4 is 10.1 Å². The van der Waals surface area contributed by atoms with Crippen molar-refractivity contribution in [3.63, 3.8) is 0 Å². The Bertz CT molecular complexity index is 949. The van der Waals surface area contributed by atoms with Gasteiger partial charge in [-0.15, -0.1) is 0 Å². The summed E-state index contributed by atoms with van der Waals surface area (Å²) in [7, 11) is -0.636. The normalized spacial score (nSPS) is 13.6. The van der Waals surface area contributed by atoms with Gasteiger partial charge in [-0.3, -0.25) is 4.79 Å². The summed E-state index contributed by atoms with van der Waals surface area (Å²) in [5, 5.41) is 2.72. The zero-order chi connectivity index (χ0) is 18.0. The van der Waals surface area contributed by atoms with Crippen LogP contribution >= 0.6 is 0 Å². The second-order valence-electron chi connectivity index (χ2n) is 5.77. The minimum Gasteiger partial charge on any atom is -0.488 e. The van der Waals surface area contributed by atoms with E-state index in [0.29, 0.717) is 11.3 Å². The molecule has 2 aromatic rings. The SMILES string of the molecule is CN(C)S(=O)(=O)c1cccc(NC(=O)C2=Cc3ccccc3OC2)c1. The number of ether oxygens (including phenoxy) is 1. The van der Waals surface area contributed by atoms with Crippen LogP contribution in [0.5, 0.6) is 5.75 Å². The van der Waals surface area contributed by atoms with Crippen molar-refractivity contribution in [2.24, 2.45) is 0 Å². The van der Waals surface area contributed by atoms with Crippen molar-refractivity contribution in [1.29, 1.82) is 0 Å². The van der Waals surface area contributed by atoms with Crippen molar-refractivity contribution in [2.45, 2.75) is 4.90 Å². The molecule has 130 valence electrons. The molecule has 7 heteroatoms. The number of rotatable bonds is 4. The molecule has 1 aliphatic heterocycles. The molecule has 1 heterocycles. The van der Waals surface area contributed by atoms with Crippen LogP contribution in [0.2, 0.25) is 0 Å². The fraction of sp³-hybridized carbons (Fsp3) is 0.167. The summed E-state index contributed by atoms with van der Waals surface area (Å²) in [6, 6.07) is 13.6. The first-order valence-corrected chi connectivity index (χ1v) is 9.08. The maximum absolute atomic E-state index is 12.5. The van der Waals surface area contributed by atoms with Gasteiger partial charge in [0.2, 0.25) is 10.0 Å². The van der Waals surface area contributed by atoms with E-state index in [1.54, 1.807) is 18.2 Å². The lowest BCUT2D eigenvalue weighted by atomic mass is 10.1. The molecule has 2 aromatic carbocycles. The molecular formula is C18H18N2O4S. The largest absolute Gasteiger partial charge is 0.488 e. The molecule has 6 nitrogen and oxygen atoms in total. The number of para-hydroxylation sites is 1. The lowest BCUT2D eigenvalue weighted by Gasteiger charge is -2.18. The number of sulfonamides is 1. The van der Waals surface area contributed by atoms with Gasteiger partial charge in [0.05, 0.1) is 10.5 Å². The summed E-state index contributed by atoms with van der Waals surface area (Å²) >= 11 is 0. The zero-order valence-corrected chi connectivity index (χ0v) is 14.7. The molecule has 1 amide bonds. The summed E-state index contributed by atoms with van der Waals surface area (Å²) in [4.78, 5) is 12.6. The first-order chi connectivity index (χ1) is 11.9. The Morgan fingerprint density at radius 2 is 1.88 bits per heavy atom. The molecule has 0 aliphatic carbocycles. The predicted molar refractivity (Wildman–Crippen MR) is 95.9 cm³/mol. The van der Waals surface area contributed by atoms with Gasteiger partial charge < -0.3 is 10.1 Å². The van der Waals surface area contributed by atoms with Gasteiger partial charge >= 0.3 is 0 Å². The van der Waals surface area contributed by atoms with Crippen LogP contribution in [-0.2, 0) is 14.8 Å². The van der Waals surface area contributed by atoms with Crippen LogP contribution in [0.25, 0.3) is 6.08 Å². The maximum Gasteiger partial charge on any atom is 0.255 e. The third-order valence-corrected chi connectivity index (χ3v) is 5.61. The van der Waals surface area contributed by atoms with Gasteiger partial charge in [0, 0.05) is 25.3 Å². The van der Waals surface area contributed by atoms with E-state index >= 15 is 0 Å². The van der Waals surface area contributed by atoms with Gasteiger partial charge in [0.1, 0.15) is 12.4 Å². The first-order valence-electron chi connectivity index (χ1n) is 7.64. The van der Waals surface area contributed by atoms with E-state index in [0.717, 1.165) is 15.6 Å². The van der Waals surface area contributed by atoms with Crippen molar-refractivity contribution >= 4 is 27.7 Å². The fourth-order valence-electron chi connectivity index (χ4n) is 2.40. The Balaban J connectivity index is 1.82. The molecule has 0 radical (unpaired) electrons. The van der Waals surface area contributed by atoms with Crippen LogP contribution in [0.4, 0.5) is 5.69 Å². The Kier molecular flexibility index (Phi) is 4.61. The molecular weight excluding hydrogens is 340 g/mol. The summed E-state index contributed by atoms with van der Waals surface area (Å²) in [5.74, 6) is 0.409. The summed E-state index contributed by atoms with van der Waals surface area (Å²) in [5.41, 5.74) is 1.72. The van der Waals surface area contributed by atoms with Gasteiger partial charge in [-0.2, -0.15) is 0 Å². The predicted octanol–water partition coefficient (Wildman–Crippen LogP) is 2.35. The lowest BCUT2D eigenvalue weighted by Crippen LogP contribution is -2.23. The van der Waals surface area contributed by atoms with E-state index in [2.05, 4.69) is 5.32 Å². The second kappa shape index (κ2) is 6.70.